The van der Waals surface area contributed by atoms with Gasteiger partial charge in [0.2, 0.25) is 0 Å². The van der Waals surface area contributed by atoms with Gasteiger partial charge < -0.3 is 15.2 Å². The van der Waals surface area contributed by atoms with Crippen LogP contribution in [0.15, 0.2) is 41.2 Å². The topological polar surface area (TPSA) is 79.4 Å². The summed E-state index contributed by atoms with van der Waals surface area (Å²) in [5.41, 5.74) is 8.99. The van der Waals surface area contributed by atoms with Gasteiger partial charge in [-0.3, -0.25) is 9.36 Å². The van der Waals surface area contributed by atoms with Gasteiger partial charge in [-0.2, -0.15) is 0 Å². The highest BCUT2D eigenvalue weighted by Gasteiger charge is 2.20. The van der Waals surface area contributed by atoms with Gasteiger partial charge in [0.1, 0.15) is 5.82 Å². The SMILES string of the molecule is CCOc1cccc(/C=C2/CCCn3c2nc2cc(N)ccc2c3=O)c1OC. The van der Waals surface area contributed by atoms with Gasteiger partial charge >= 0.3 is 0 Å². The molecule has 2 N–H and O–H groups in total. The third kappa shape index (κ3) is 3.11. The molecule has 1 aromatic heterocycles. The molecule has 0 amide bonds. The van der Waals surface area contributed by atoms with E-state index in [9.17, 15) is 4.79 Å². The summed E-state index contributed by atoms with van der Waals surface area (Å²) >= 11 is 0. The van der Waals surface area contributed by atoms with Crippen molar-refractivity contribution in [2.45, 2.75) is 26.3 Å². The Kier molecular flexibility index (Phi) is 4.77. The van der Waals surface area contributed by atoms with E-state index in [-0.39, 0.29) is 5.56 Å². The Morgan fingerprint density at radius 1 is 1.29 bits per heavy atom. The molecule has 0 spiro atoms. The molecule has 0 bridgehead atoms. The van der Waals surface area contributed by atoms with Crippen LogP contribution in [0.4, 0.5) is 5.69 Å². The summed E-state index contributed by atoms with van der Waals surface area (Å²) in [6.45, 7) is 3.16. The number of allylic oxidation sites excluding steroid dienone is 1. The first kappa shape index (κ1) is 18.1. The minimum atomic E-state index is -0.0272. The van der Waals surface area contributed by atoms with Crippen molar-refractivity contribution < 1.29 is 9.47 Å². The second-order valence-corrected chi connectivity index (χ2v) is 6.75. The van der Waals surface area contributed by atoms with Crippen LogP contribution in [0.5, 0.6) is 11.5 Å². The van der Waals surface area contributed by atoms with Crippen LogP contribution in [0.25, 0.3) is 22.6 Å². The highest BCUT2D eigenvalue weighted by atomic mass is 16.5. The zero-order chi connectivity index (χ0) is 19.7. The fourth-order valence-corrected chi connectivity index (χ4v) is 3.69. The molecule has 0 saturated heterocycles. The van der Waals surface area contributed by atoms with Gasteiger partial charge in [0, 0.05) is 17.8 Å². The fraction of sp³-hybridized carbons (Fsp3) is 0.273. The van der Waals surface area contributed by atoms with Crippen molar-refractivity contribution in [3.63, 3.8) is 0 Å². The molecule has 1 aliphatic heterocycles. The highest BCUT2D eigenvalue weighted by Crippen LogP contribution is 2.35. The summed E-state index contributed by atoms with van der Waals surface area (Å²) in [6, 6.07) is 11.0. The quantitative estimate of drug-likeness (QED) is 0.701. The Balaban J connectivity index is 1.90. The van der Waals surface area contributed by atoms with Gasteiger partial charge in [-0.15, -0.1) is 0 Å². The van der Waals surface area contributed by atoms with Crippen LogP contribution in [0.1, 0.15) is 31.2 Å². The van der Waals surface area contributed by atoms with E-state index in [1.807, 2.05) is 31.2 Å². The number of nitrogen functional groups attached to an aromatic ring is 1. The molecule has 0 unspecified atom stereocenters. The standard InChI is InChI=1S/C22H23N3O3/c1-3-28-19-8-4-6-14(20(19)27-2)12-15-7-5-11-25-21(15)24-18-13-16(23)9-10-17(18)22(25)26/h4,6,8-10,12-13H,3,5,7,11,23H2,1-2H3/b15-12-. The number of hydrogen-bond acceptors (Lipinski definition) is 5. The van der Waals surface area contributed by atoms with Gasteiger partial charge in [0.15, 0.2) is 11.5 Å². The van der Waals surface area contributed by atoms with Crippen molar-refractivity contribution in [1.82, 2.24) is 9.55 Å². The maximum absolute atomic E-state index is 13.0. The predicted molar refractivity (Wildman–Crippen MR) is 112 cm³/mol. The normalized spacial score (nSPS) is 14.9. The van der Waals surface area contributed by atoms with E-state index in [0.29, 0.717) is 47.1 Å². The predicted octanol–water partition coefficient (Wildman–Crippen LogP) is 3.72. The van der Waals surface area contributed by atoms with Gasteiger partial charge in [0.05, 0.1) is 24.6 Å². The monoisotopic (exact) mass is 377 g/mol. The number of benzene rings is 2. The summed E-state index contributed by atoms with van der Waals surface area (Å²) in [6.07, 6.45) is 3.76. The van der Waals surface area contributed by atoms with Gasteiger partial charge in [-0.25, -0.2) is 4.98 Å². The van der Waals surface area contributed by atoms with E-state index in [4.69, 9.17) is 20.2 Å². The van der Waals surface area contributed by atoms with Crippen molar-refractivity contribution in [3.8, 4) is 11.5 Å². The molecule has 0 fully saturated rings. The average Bonchev–Trinajstić information content (AvgIpc) is 2.69. The number of anilines is 1. The lowest BCUT2D eigenvalue weighted by Gasteiger charge is -2.21. The van der Waals surface area contributed by atoms with Crippen LogP contribution < -0.4 is 20.8 Å². The minimum Gasteiger partial charge on any atom is -0.492 e. The molecule has 144 valence electrons. The second-order valence-electron chi connectivity index (χ2n) is 6.75. The molecule has 0 radical (unpaired) electrons. The molecule has 2 aromatic carbocycles. The van der Waals surface area contributed by atoms with Crippen molar-refractivity contribution >= 4 is 28.2 Å². The Morgan fingerprint density at radius 3 is 2.93 bits per heavy atom. The molecule has 0 saturated carbocycles. The number of fused-ring (bicyclic) bond motifs is 2. The smallest absolute Gasteiger partial charge is 0.261 e. The van der Waals surface area contributed by atoms with E-state index in [0.717, 1.165) is 24.0 Å². The summed E-state index contributed by atoms with van der Waals surface area (Å²) in [5, 5.41) is 0.593. The summed E-state index contributed by atoms with van der Waals surface area (Å²) in [4.78, 5) is 17.7. The van der Waals surface area contributed by atoms with Crippen LogP contribution in [-0.2, 0) is 6.54 Å². The number of nitrogens with two attached hydrogens (primary N) is 1. The maximum atomic E-state index is 13.0. The first-order valence-corrected chi connectivity index (χ1v) is 9.43. The van der Waals surface area contributed by atoms with Crippen molar-refractivity contribution in [2.75, 3.05) is 19.5 Å². The molecule has 4 rings (SSSR count). The van der Waals surface area contributed by atoms with Gasteiger partial charge in [-0.05, 0) is 55.7 Å². The molecule has 0 atom stereocenters. The van der Waals surface area contributed by atoms with Crippen LogP contribution in [0.2, 0.25) is 0 Å². The highest BCUT2D eigenvalue weighted by molar-refractivity contribution is 5.86. The molecule has 6 heteroatoms. The first-order valence-electron chi connectivity index (χ1n) is 9.43. The van der Waals surface area contributed by atoms with E-state index < -0.39 is 0 Å². The molecule has 1 aliphatic rings. The molecule has 6 nitrogen and oxygen atoms in total. The minimum absolute atomic E-state index is 0.0272. The van der Waals surface area contributed by atoms with Crippen LogP contribution >= 0.6 is 0 Å². The summed E-state index contributed by atoms with van der Waals surface area (Å²) in [7, 11) is 1.63. The Morgan fingerprint density at radius 2 is 2.14 bits per heavy atom. The van der Waals surface area contributed by atoms with Gasteiger partial charge in [0.25, 0.3) is 5.56 Å². The van der Waals surface area contributed by atoms with Crippen molar-refractivity contribution in [3.05, 3.63) is 58.1 Å². The molecule has 28 heavy (non-hydrogen) atoms. The van der Waals surface area contributed by atoms with Gasteiger partial charge in [-0.1, -0.05) is 12.1 Å². The third-order valence-electron chi connectivity index (χ3n) is 4.94. The maximum Gasteiger partial charge on any atom is 0.261 e. The zero-order valence-corrected chi connectivity index (χ0v) is 16.1. The van der Waals surface area contributed by atoms with Crippen molar-refractivity contribution in [2.24, 2.45) is 0 Å². The van der Waals surface area contributed by atoms with E-state index >= 15 is 0 Å². The Bertz CT molecular complexity index is 1130. The average molecular weight is 377 g/mol. The molecule has 0 aliphatic carbocycles. The fourth-order valence-electron chi connectivity index (χ4n) is 3.69. The number of aromatic nitrogens is 2. The zero-order valence-electron chi connectivity index (χ0n) is 16.1. The number of para-hydroxylation sites is 1. The Labute approximate surface area is 163 Å². The van der Waals surface area contributed by atoms with E-state index in [2.05, 4.69) is 0 Å². The Hall–Kier alpha value is -3.28. The largest absolute Gasteiger partial charge is 0.492 e. The summed E-state index contributed by atoms with van der Waals surface area (Å²) < 4.78 is 13.0. The summed E-state index contributed by atoms with van der Waals surface area (Å²) in [5.74, 6) is 2.08. The molecule has 3 aromatic rings. The van der Waals surface area contributed by atoms with Crippen LogP contribution in [0.3, 0.4) is 0 Å². The number of hydrogen-bond donors (Lipinski definition) is 1. The van der Waals surface area contributed by atoms with Crippen LogP contribution in [0, 0.1) is 0 Å². The lowest BCUT2D eigenvalue weighted by Crippen LogP contribution is -2.27. The second kappa shape index (κ2) is 7.38. The molecule has 2 heterocycles. The number of methoxy groups -OCH3 is 1. The van der Waals surface area contributed by atoms with E-state index in [1.54, 1.807) is 29.9 Å². The third-order valence-corrected chi connectivity index (χ3v) is 4.94. The number of rotatable bonds is 4. The van der Waals surface area contributed by atoms with Crippen molar-refractivity contribution in [1.29, 1.82) is 0 Å². The van der Waals surface area contributed by atoms with Crippen LogP contribution in [-0.4, -0.2) is 23.3 Å². The molecular formula is C22H23N3O3. The number of nitrogens with zero attached hydrogens (tertiary/aromatic N) is 2. The molecular weight excluding hydrogens is 354 g/mol. The van der Waals surface area contributed by atoms with E-state index in [1.165, 1.54) is 0 Å². The lowest BCUT2D eigenvalue weighted by molar-refractivity contribution is 0.310. The first-order chi connectivity index (χ1) is 13.6. The number of ether oxygens (including phenoxy) is 2. The lowest BCUT2D eigenvalue weighted by atomic mass is 10.0.